The molecule has 54 heavy (non-hydrogen) atoms. The Morgan fingerprint density at radius 3 is 2.13 bits per heavy atom. The fourth-order valence-electron chi connectivity index (χ4n) is 8.03. The second kappa shape index (κ2) is 15.9. The van der Waals surface area contributed by atoms with E-state index in [1.165, 1.54) is 5.70 Å². The Morgan fingerprint density at radius 1 is 0.741 bits per heavy atom. The van der Waals surface area contributed by atoms with Crippen molar-refractivity contribution >= 4 is 28.4 Å². The van der Waals surface area contributed by atoms with Crippen molar-refractivity contribution in [2.24, 2.45) is 0 Å². The first-order valence-corrected chi connectivity index (χ1v) is 20.1. The molecule has 0 amide bonds. The number of hydrogen-bond donors (Lipinski definition) is 1. The van der Waals surface area contributed by atoms with E-state index in [1.54, 1.807) is 0 Å². The summed E-state index contributed by atoms with van der Waals surface area (Å²) in [6.07, 6.45) is 12.9. The summed E-state index contributed by atoms with van der Waals surface area (Å²) in [4.78, 5) is 18.0. The summed E-state index contributed by atoms with van der Waals surface area (Å²) in [5, 5.41) is 3.95. The highest BCUT2D eigenvalue weighted by Gasteiger charge is 2.41. The van der Waals surface area contributed by atoms with Gasteiger partial charge < -0.3 is 24.6 Å². The number of anilines is 5. The van der Waals surface area contributed by atoms with Crippen LogP contribution in [-0.2, 0) is 6.42 Å². The number of benzene rings is 4. The molecule has 1 aromatic heterocycles. The molecule has 0 spiro atoms. The molecule has 3 aliphatic heterocycles. The zero-order valence-corrected chi connectivity index (χ0v) is 32.1. The van der Waals surface area contributed by atoms with E-state index in [-0.39, 0.29) is 6.17 Å². The van der Waals surface area contributed by atoms with E-state index in [0.29, 0.717) is 5.82 Å². The van der Waals surface area contributed by atoms with Crippen molar-refractivity contribution < 1.29 is 9.47 Å². The highest BCUT2D eigenvalue weighted by Crippen LogP contribution is 2.59. The van der Waals surface area contributed by atoms with Crippen LogP contribution >= 0.6 is 0 Å². The van der Waals surface area contributed by atoms with Crippen LogP contribution in [0.4, 0.5) is 28.4 Å². The summed E-state index contributed by atoms with van der Waals surface area (Å²) in [6.45, 7) is 11.8. The van der Waals surface area contributed by atoms with Gasteiger partial charge >= 0.3 is 0 Å². The van der Waals surface area contributed by atoms with Gasteiger partial charge in [0.05, 0.1) is 28.4 Å². The molecule has 4 aromatic carbocycles. The maximum absolute atomic E-state index is 6.92. The Bertz CT molecular complexity index is 2100. The van der Waals surface area contributed by atoms with Crippen molar-refractivity contribution in [3.05, 3.63) is 114 Å². The lowest BCUT2D eigenvalue weighted by Crippen LogP contribution is -2.46. The van der Waals surface area contributed by atoms with Crippen molar-refractivity contribution in [3.8, 4) is 34.4 Å². The number of para-hydroxylation sites is 6. The molecule has 3 aliphatic rings. The number of unbranched alkanes of at least 4 members (excludes halogenated alkanes) is 3. The number of ether oxygens (including phenoxy) is 2. The zero-order chi connectivity index (χ0) is 37.0. The Kier molecular flexibility index (Phi) is 10.5. The Balaban J connectivity index is 1.50. The van der Waals surface area contributed by atoms with Crippen molar-refractivity contribution in [1.82, 2.24) is 19.8 Å². The molecule has 1 N–H and O–H groups in total. The minimum Gasteiger partial charge on any atom is -0.453 e. The van der Waals surface area contributed by atoms with Crippen LogP contribution in [0.2, 0.25) is 0 Å². The van der Waals surface area contributed by atoms with Crippen LogP contribution in [0.1, 0.15) is 90.1 Å². The van der Waals surface area contributed by atoms with E-state index in [0.717, 1.165) is 139 Å². The average Bonchev–Trinajstić information content (AvgIpc) is 3.22. The number of fused-ring (bicyclic) bond motifs is 4. The number of allylic oxidation sites excluding steroid dienone is 1. The van der Waals surface area contributed by atoms with Gasteiger partial charge in [-0.15, -0.1) is 0 Å². The van der Waals surface area contributed by atoms with E-state index in [4.69, 9.17) is 19.4 Å². The van der Waals surface area contributed by atoms with Gasteiger partial charge in [-0.25, -0.2) is 9.97 Å². The van der Waals surface area contributed by atoms with Gasteiger partial charge in [0.25, 0.3) is 0 Å². The number of aromatic nitrogens is 2. The van der Waals surface area contributed by atoms with E-state index < -0.39 is 0 Å². The summed E-state index contributed by atoms with van der Waals surface area (Å²) in [5.41, 5.74) is 9.41. The van der Waals surface area contributed by atoms with Gasteiger partial charge in [0, 0.05) is 48.3 Å². The minimum absolute atomic E-state index is 0.0958. The molecular weight excluding hydrogens is 669 g/mol. The molecule has 1 unspecified atom stereocenters. The summed E-state index contributed by atoms with van der Waals surface area (Å²) in [6, 6.07) is 29.2. The molecule has 0 bridgehead atoms. The summed E-state index contributed by atoms with van der Waals surface area (Å²) >= 11 is 0. The SMILES string of the molecule is CCCCC1=CCN(CCCC)C(c2c3c(cc(-c4nccc(CC)n4)c2N2c4ccccc4Oc4ccccc42)Oc2ccccc2N3)N1CCCC. The second-order valence-corrected chi connectivity index (χ2v) is 14.4. The molecule has 8 rings (SSSR count). The maximum Gasteiger partial charge on any atom is 0.161 e. The smallest absolute Gasteiger partial charge is 0.161 e. The van der Waals surface area contributed by atoms with Crippen LogP contribution in [0, 0.1) is 0 Å². The first-order chi connectivity index (χ1) is 26.6. The highest BCUT2D eigenvalue weighted by atomic mass is 16.5. The van der Waals surface area contributed by atoms with Crippen molar-refractivity contribution in [3.63, 3.8) is 0 Å². The first-order valence-electron chi connectivity index (χ1n) is 20.1. The molecule has 0 aliphatic carbocycles. The van der Waals surface area contributed by atoms with Crippen LogP contribution in [-0.4, -0.2) is 39.4 Å². The van der Waals surface area contributed by atoms with Gasteiger partial charge in [-0.2, -0.15) is 0 Å². The Labute approximate surface area is 320 Å². The summed E-state index contributed by atoms with van der Waals surface area (Å²) < 4.78 is 13.5. The van der Waals surface area contributed by atoms with Gasteiger partial charge in [-0.3, -0.25) is 4.90 Å². The number of nitrogens with one attached hydrogen (secondary N) is 1. The van der Waals surface area contributed by atoms with Gasteiger partial charge in [0.1, 0.15) is 6.17 Å². The molecule has 8 nitrogen and oxygen atoms in total. The van der Waals surface area contributed by atoms with E-state index in [1.807, 2.05) is 36.5 Å². The monoisotopic (exact) mass is 720 g/mol. The average molecular weight is 721 g/mol. The van der Waals surface area contributed by atoms with E-state index in [2.05, 4.69) is 108 Å². The van der Waals surface area contributed by atoms with Crippen LogP contribution in [0.25, 0.3) is 11.4 Å². The summed E-state index contributed by atoms with van der Waals surface area (Å²) in [7, 11) is 0. The van der Waals surface area contributed by atoms with Crippen LogP contribution in [0.5, 0.6) is 23.0 Å². The lowest BCUT2D eigenvalue weighted by Gasteiger charge is -2.48. The molecular formula is C46H52N6O2. The Hall–Kier alpha value is -5.34. The molecule has 278 valence electrons. The van der Waals surface area contributed by atoms with Crippen molar-refractivity contribution in [2.45, 2.75) is 85.2 Å². The molecule has 1 atom stereocenters. The molecule has 4 heterocycles. The van der Waals surface area contributed by atoms with Crippen molar-refractivity contribution in [2.75, 3.05) is 29.9 Å². The number of nitrogens with zero attached hydrogens (tertiary/aromatic N) is 5. The molecule has 0 radical (unpaired) electrons. The topological polar surface area (TPSA) is 66.0 Å². The highest BCUT2D eigenvalue weighted by molar-refractivity contribution is 5.98. The van der Waals surface area contributed by atoms with E-state index >= 15 is 0 Å². The van der Waals surface area contributed by atoms with Crippen LogP contribution in [0.15, 0.2) is 103 Å². The summed E-state index contributed by atoms with van der Waals surface area (Å²) in [5.74, 6) is 3.87. The predicted molar refractivity (Wildman–Crippen MR) is 220 cm³/mol. The first kappa shape index (κ1) is 35.7. The third kappa shape index (κ3) is 6.68. The van der Waals surface area contributed by atoms with Gasteiger partial charge in [-0.1, -0.05) is 89.4 Å². The fraction of sp³-hybridized carbons (Fsp3) is 0.348. The molecule has 5 aromatic rings. The van der Waals surface area contributed by atoms with Gasteiger partial charge in [0.2, 0.25) is 0 Å². The van der Waals surface area contributed by atoms with E-state index in [9.17, 15) is 0 Å². The molecule has 0 fully saturated rings. The maximum atomic E-state index is 6.92. The zero-order valence-electron chi connectivity index (χ0n) is 32.1. The Morgan fingerprint density at radius 2 is 1.41 bits per heavy atom. The predicted octanol–water partition coefficient (Wildman–Crippen LogP) is 12.4. The van der Waals surface area contributed by atoms with Crippen LogP contribution < -0.4 is 19.7 Å². The molecule has 0 saturated carbocycles. The third-order valence-corrected chi connectivity index (χ3v) is 10.8. The number of rotatable bonds is 13. The fourth-order valence-corrected chi connectivity index (χ4v) is 8.03. The minimum atomic E-state index is -0.0958. The largest absolute Gasteiger partial charge is 0.453 e. The number of aryl methyl sites for hydroxylation is 1. The number of hydrogen-bond acceptors (Lipinski definition) is 8. The quantitative estimate of drug-likeness (QED) is 0.126. The third-order valence-electron chi connectivity index (χ3n) is 10.8. The lowest BCUT2D eigenvalue weighted by atomic mass is 9.93. The normalized spacial score (nSPS) is 15.9. The standard InChI is InChI=1S/C46H52N6O2/c1-5-9-18-33-26-30-50(28-10-6-2)46(51(33)29-11-7-3)42-43-41(53-38-22-15-12-19-35(38)49-43)31-34(45-47-27-25-32(8-4)48-45)44(42)52-36-20-13-16-23-39(36)54-40-24-17-14-21-37(40)52/h12-17,19-27,31,46,49H,5-11,18,28-30H2,1-4H3. The lowest BCUT2D eigenvalue weighted by molar-refractivity contribution is 0.0549. The van der Waals surface area contributed by atoms with Crippen LogP contribution in [0.3, 0.4) is 0 Å². The van der Waals surface area contributed by atoms with Gasteiger partial charge in [-0.05, 0) is 80.6 Å². The van der Waals surface area contributed by atoms with Gasteiger partial charge in [0.15, 0.2) is 28.8 Å². The second-order valence-electron chi connectivity index (χ2n) is 14.4. The molecule has 0 saturated heterocycles. The van der Waals surface area contributed by atoms with Crippen molar-refractivity contribution in [1.29, 1.82) is 0 Å². The molecule has 8 heteroatoms.